The molecule has 0 aliphatic heterocycles. The second-order valence-electron chi connectivity index (χ2n) is 5.55. The minimum absolute atomic E-state index is 0.0560. The van der Waals surface area contributed by atoms with Crippen LogP contribution in [0, 0.1) is 0 Å². The molecule has 122 valence electrons. The summed E-state index contributed by atoms with van der Waals surface area (Å²) < 4.78 is 0.803. The van der Waals surface area contributed by atoms with E-state index < -0.39 is 11.9 Å². The minimum atomic E-state index is -1.04. The number of nitrogens with zero attached hydrogens (tertiary/aromatic N) is 1. The van der Waals surface area contributed by atoms with Crippen LogP contribution < -0.4 is 5.73 Å². The Balaban J connectivity index is 2.06. The zero-order valence-corrected chi connectivity index (χ0v) is 13.7. The predicted molar refractivity (Wildman–Crippen MR) is 98.0 cm³/mol. The van der Waals surface area contributed by atoms with Gasteiger partial charge in [0, 0.05) is 11.1 Å². The summed E-state index contributed by atoms with van der Waals surface area (Å²) in [4.78, 5) is 27.1. The third-order valence-electron chi connectivity index (χ3n) is 4.08. The van der Waals surface area contributed by atoms with Gasteiger partial charge in [0.05, 0.1) is 10.2 Å². The molecule has 0 aliphatic rings. The van der Waals surface area contributed by atoms with Gasteiger partial charge in [-0.15, -0.1) is 11.3 Å². The molecule has 0 fully saturated rings. The molecule has 25 heavy (non-hydrogen) atoms. The number of carbonyl (C=O) groups excluding carboxylic acids is 1. The number of fused-ring (bicyclic) bond motifs is 2. The molecular formula is C19H12N2O3S. The molecule has 1 amide bonds. The van der Waals surface area contributed by atoms with E-state index in [0.717, 1.165) is 37.9 Å². The van der Waals surface area contributed by atoms with E-state index in [4.69, 9.17) is 5.73 Å². The van der Waals surface area contributed by atoms with Gasteiger partial charge in [-0.2, -0.15) is 0 Å². The van der Waals surface area contributed by atoms with E-state index >= 15 is 0 Å². The highest BCUT2D eigenvalue weighted by Crippen LogP contribution is 2.37. The van der Waals surface area contributed by atoms with Gasteiger partial charge in [0.2, 0.25) is 10.9 Å². The van der Waals surface area contributed by atoms with Gasteiger partial charge in [-0.3, -0.25) is 4.79 Å². The van der Waals surface area contributed by atoms with Crippen molar-refractivity contribution in [2.45, 2.75) is 0 Å². The zero-order valence-electron chi connectivity index (χ0n) is 12.9. The van der Waals surface area contributed by atoms with Gasteiger partial charge < -0.3 is 10.8 Å². The van der Waals surface area contributed by atoms with Crippen molar-refractivity contribution in [3.8, 4) is 11.1 Å². The number of thiazole rings is 1. The van der Waals surface area contributed by atoms with Crippen molar-refractivity contribution in [2.75, 3.05) is 0 Å². The van der Waals surface area contributed by atoms with Crippen LogP contribution in [-0.4, -0.2) is 22.0 Å². The summed E-state index contributed by atoms with van der Waals surface area (Å²) in [5.41, 5.74) is 8.38. The van der Waals surface area contributed by atoms with Gasteiger partial charge in [-0.1, -0.05) is 42.5 Å². The summed E-state index contributed by atoms with van der Waals surface area (Å²) in [6.07, 6.45) is 0. The number of hydrogen-bond acceptors (Lipinski definition) is 4. The van der Waals surface area contributed by atoms with Crippen molar-refractivity contribution in [2.24, 2.45) is 5.73 Å². The highest BCUT2D eigenvalue weighted by atomic mass is 32.1. The Hall–Kier alpha value is -3.25. The lowest BCUT2D eigenvalue weighted by molar-refractivity contribution is 0.0696. The lowest BCUT2D eigenvalue weighted by Gasteiger charge is -2.10. The van der Waals surface area contributed by atoms with Crippen LogP contribution in [0.15, 0.2) is 54.6 Å². The molecular weight excluding hydrogens is 336 g/mol. The highest BCUT2D eigenvalue weighted by molar-refractivity contribution is 7.20. The van der Waals surface area contributed by atoms with Crippen molar-refractivity contribution in [1.29, 1.82) is 0 Å². The van der Waals surface area contributed by atoms with Crippen molar-refractivity contribution in [3.63, 3.8) is 0 Å². The topological polar surface area (TPSA) is 93.3 Å². The molecule has 5 nitrogen and oxygen atoms in total. The van der Waals surface area contributed by atoms with Crippen molar-refractivity contribution in [3.05, 3.63) is 65.2 Å². The first-order valence-corrected chi connectivity index (χ1v) is 8.32. The fraction of sp³-hybridized carbons (Fsp3) is 0. The molecule has 1 heterocycles. The number of aromatic nitrogens is 1. The first-order valence-electron chi connectivity index (χ1n) is 7.51. The highest BCUT2D eigenvalue weighted by Gasteiger charge is 2.16. The first-order chi connectivity index (χ1) is 12.1. The molecule has 3 aromatic carbocycles. The first kappa shape index (κ1) is 15.3. The van der Waals surface area contributed by atoms with Crippen molar-refractivity contribution < 1.29 is 14.7 Å². The molecule has 0 saturated heterocycles. The summed E-state index contributed by atoms with van der Waals surface area (Å²) in [5, 5.41) is 10.9. The molecule has 0 aliphatic carbocycles. The molecule has 4 rings (SSSR count). The molecule has 0 unspecified atom stereocenters. The average molecular weight is 348 g/mol. The van der Waals surface area contributed by atoms with Crippen molar-refractivity contribution in [1.82, 2.24) is 4.98 Å². The Morgan fingerprint density at radius 1 is 0.920 bits per heavy atom. The second-order valence-corrected chi connectivity index (χ2v) is 6.55. The summed E-state index contributed by atoms with van der Waals surface area (Å²) in [5.74, 6) is -1.52. The zero-order chi connectivity index (χ0) is 17.6. The van der Waals surface area contributed by atoms with E-state index in [9.17, 15) is 14.7 Å². The molecule has 0 radical (unpaired) electrons. The van der Waals surface area contributed by atoms with Gasteiger partial charge >= 0.3 is 5.97 Å². The minimum Gasteiger partial charge on any atom is -0.476 e. The standard InChI is InChI=1S/C19H12N2O3S/c20-17(22)14-9-8-12(10-4-1-2-5-11(10)14)13-6-3-7-15-16(13)25-18(21-15)19(23)24/h1-9H,(H2,20,22)(H,23,24). The number of hydrogen-bond donors (Lipinski definition) is 2. The van der Waals surface area contributed by atoms with Crippen LogP contribution in [0.25, 0.3) is 32.1 Å². The maximum Gasteiger partial charge on any atom is 0.365 e. The summed E-state index contributed by atoms with van der Waals surface area (Å²) >= 11 is 1.14. The monoisotopic (exact) mass is 348 g/mol. The van der Waals surface area contributed by atoms with Crippen LogP contribution in [0.5, 0.6) is 0 Å². The number of carbonyl (C=O) groups is 2. The number of aromatic carboxylic acids is 1. The molecule has 0 atom stereocenters. The molecule has 4 aromatic rings. The Morgan fingerprint density at radius 3 is 2.40 bits per heavy atom. The average Bonchev–Trinajstić information content (AvgIpc) is 3.05. The number of nitrogens with two attached hydrogens (primary N) is 1. The molecule has 0 bridgehead atoms. The summed E-state index contributed by atoms with van der Waals surface area (Å²) in [6.45, 7) is 0. The van der Waals surface area contributed by atoms with Crippen molar-refractivity contribution >= 4 is 44.2 Å². The van der Waals surface area contributed by atoms with E-state index in [0.29, 0.717) is 11.1 Å². The maximum absolute atomic E-state index is 11.7. The lowest BCUT2D eigenvalue weighted by Crippen LogP contribution is -2.11. The Bertz CT molecular complexity index is 1160. The third kappa shape index (κ3) is 2.43. The SMILES string of the molecule is NC(=O)c1ccc(-c2cccc3nc(C(=O)O)sc23)c2ccccc12. The van der Waals surface area contributed by atoms with E-state index in [1.54, 1.807) is 12.1 Å². The Morgan fingerprint density at radius 2 is 1.68 bits per heavy atom. The number of carboxylic acid groups (broad SMARTS) is 1. The Kier molecular flexibility index (Phi) is 3.47. The number of carboxylic acids is 1. The fourth-order valence-electron chi connectivity index (χ4n) is 3.00. The van der Waals surface area contributed by atoms with Gasteiger partial charge in [0.15, 0.2) is 0 Å². The van der Waals surface area contributed by atoms with E-state index in [2.05, 4.69) is 4.98 Å². The number of benzene rings is 3. The quantitative estimate of drug-likeness (QED) is 0.587. The van der Waals surface area contributed by atoms with Gasteiger partial charge in [-0.05, 0) is 28.5 Å². The van der Waals surface area contributed by atoms with E-state index in [1.807, 2.05) is 42.5 Å². The normalized spacial score (nSPS) is 11.0. The van der Waals surface area contributed by atoms with E-state index in [1.165, 1.54) is 0 Å². The largest absolute Gasteiger partial charge is 0.476 e. The van der Waals surface area contributed by atoms with Gasteiger partial charge in [0.25, 0.3) is 0 Å². The second kappa shape index (κ2) is 5.68. The fourth-order valence-corrected chi connectivity index (χ4v) is 3.93. The maximum atomic E-state index is 11.7. The smallest absolute Gasteiger partial charge is 0.365 e. The molecule has 1 aromatic heterocycles. The van der Waals surface area contributed by atoms with Crippen LogP contribution in [0.3, 0.4) is 0 Å². The third-order valence-corrected chi connectivity index (χ3v) is 5.17. The molecule has 3 N–H and O–H groups in total. The number of primary amides is 1. The van der Waals surface area contributed by atoms with Crippen LogP contribution in [0.2, 0.25) is 0 Å². The predicted octanol–water partition coefficient (Wildman–Crippen LogP) is 3.91. The van der Waals surface area contributed by atoms with Gasteiger partial charge in [-0.25, -0.2) is 9.78 Å². The summed E-state index contributed by atoms with van der Waals surface area (Å²) in [7, 11) is 0. The number of rotatable bonds is 3. The molecule has 6 heteroatoms. The van der Waals surface area contributed by atoms with Crippen LogP contribution in [0.1, 0.15) is 20.2 Å². The summed E-state index contributed by atoms with van der Waals surface area (Å²) in [6, 6.07) is 16.7. The molecule has 0 saturated carbocycles. The Labute approximate surface area is 146 Å². The van der Waals surface area contributed by atoms with Crippen LogP contribution in [0.4, 0.5) is 0 Å². The van der Waals surface area contributed by atoms with Crippen LogP contribution >= 0.6 is 11.3 Å². The lowest BCUT2D eigenvalue weighted by atomic mass is 9.94. The van der Waals surface area contributed by atoms with E-state index in [-0.39, 0.29) is 5.01 Å². The van der Waals surface area contributed by atoms with Gasteiger partial charge in [0.1, 0.15) is 0 Å². The van der Waals surface area contributed by atoms with Crippen LogP contribution in [-0.2, 0) is 0 Å². The molecule has 0 spiro atoms. The number of amides is 1.